The van der Waals surface area contributed by atoms with Crippen molar-refractivity contribution in [3.05, 3.63) is 0 Å². The minimum absolute atomic E-state index is 0.153. The van der Waals surface area contributed by atoms with Crippen LogP contribution >= 0.6 is 0 Å². The van der Waals surface area contributed by atoms with Crippen molar-refractivity contribution in [3.8, 4) is 0 Å². The highest BCUT2D eigenvalue weighted by Crippen LogP contribution is 2.13. The Kier molecular flexibility index (Phi) is 6.60. The number of carbonyl (C=O) groups excluding carboxylic acids is 2. The molecule has 7 heteroatoms. The number of hydrogen-bond donors (Lipinski definition) is 2. The monoisotopic (exact) mass is 254 g/mol. The van der Waals surface area contributed by atoms with Gasteiger partial charge in [-0.3, -0.25) is 9.59 Å². The van der Waals surface area contributed by atoms with Crippen LogP contribution in [0.3, 0.4) is 0 Å². The van der Waals surface area contributed by atoms with Gasteiger partial charge in [-0.05, 0) is 12.3 Å². The Hall–Kier alpha value is -1.27. The van der Waals surface area contributed by atoms with Gasteiger partial charge in [0.15, 0.2) is 0 Å². The molecule has 0 heterocycles. The zero-order valence-electron chi connectivity index (χ0n) is 9.86. The number of nitrogens with one attached hydrogen (secondary N) is 2. The van der Waals surface area contributed by atoms with Crippen molar-refractivity contribution in [2.75, 3.05) is 13.1 Å². The van der Waals surface area contributed by atoms with Gasteiger partial charge in [-0.15, -0.1) is 0 Å². The van der Waals surface area contributed by atoms with Crippen molar-refractivity contribution in [3.63, 3.8) is 0 Å². The summed E-state index contributed by atoms with van der Waals surface area (Å²) in [7, 11) is 0. The summed E-state index contributed by atoms with van der Waals surface area (Å²) in [6.45, 7) is 4.17. The molecule has 0 unspecified atom stereocenters. The SMILES string of the molecule is CC(C)CCNC(=O)CCNC(=O)C(F)(F)F. The molecule has 0 saturated carbocycles. The maximum atomic E-state index is 11.8. The molecule has 0 aromatic heterocycles. The molecule has 0 aromatic carbocycles. The second-order valence-electron chi connectivity index (χ2n) is 4.04. The quantitative estimate of drug-likeness (QED) is 0.748. The van der Waals surface area contributed by atoms with Gasteiger partial charge in [0.2, 0.25) is 5.91 Å². The predicted octanol–water partition coefficient (Wildman–Crippen LogP) is 1.22. The molecule has 0 atom stereocenters. The molecule has 4 nitrogen and oxygen atoms in total. The van der Waals surface area contributed by atoms with Crippen molar-refractivity contribution >= 4 is 11.8 Å². The van der Waals surface area contributed by atoms with Crippen LogP contribution in [0.5, 0.6) is 0 Å². The summed E-state index contributed by atoms with van der Waals surface area (Å²) >= 11 is 0. The molecule has 2 N–H and O–H groups in total. The third kappa shape index (κ3) is 8.53. The van der Waals surface area contributed by atoms with Gasteiger partial charge in [0, 0.05) is 19.5 Å². The maximum Gasteiger partial charge on any atom is 0.471 e. The van der Waals surface area contributed by atoms with E-state index in [9.17, 15) is 22.8 Å². The van der Waals surface area contributed by atoms with E-state index < -0.39 is 12.1 Å². The van der Waals surface area contributed by atoms with E-state index >= 15 is 0 Å². The number of hydrogen-bond acceptors (Lipinski definition) is 2. The molecule has 0 aliphatic rings. The number of rotatable bonds is 6. The average Bonchev–Trinajstić information content (AvgIpc) is 2.15. The minimum Gasteiger partial charge on any atom is -0.356 e. The first kappa shape index (κ1) is 15.7. The summed E-state index contributed by atoms with van der Waals surface area (Å²) < 4.78 is 35.3. The van der Waals surface area contributed by atoms with E-state index in [4.69, 9.17) is 0 Å². The van der Waals surface area contributed by atoms with Crippen molar-refractivity contribution in [1.29, 1.82) is 0 Å². The summed E-state index contributed by atoms with van der Waals surface area (Å²) in [6, 6.07) is 0. The number of carbonyl (C=O) groups is 2. The molecule has 0 bridgehead atoms. The molecule has 0 saturated heterocycles. The van der Waals surface area contributed by atoms with Gasteiger partial charge in [0.25, 0.3) is 0 Å². The molecule has 0 rings (SSSR count). The van der Waals surface area contributed by atoms with Gasteiger partial charge in [0.1, 0.15) is 0 Å². The van der Waals surface area contributed by atoms with Crippen molar-refractivity contribution in [2.45, 2.75) is 32.9 Å². The normalized spacial score (nSPS) is 11.4. The molecule has 0 aliphatic carbocycles. The Morgan fingerprint density at radius 2 is 1.71 bits per heavy atom. The number of amides is 2. The summed E-state index contributed by atoms with van der Waals surface area (Å²) in [5, 5.41) is 4.18. The molecule has 0 radical (unpaired) electrons. The molecule has 17 heavy (non-hydrogen) atoms. The van der Waals surface area contributed by atoms with E-state index in [1.54, 1.807) is 5.32 Å². The largest absolute Gasteiger partial charge is 0.471 e. The molecule has 2 amide bonds. The Balaban J connectivity index is 3.62. The third-order valence-corrected chi connectivity index (χ3v) is 1.94. The summed E-state index contributed by atoms with van der Waals surface area (Å²) in [6.07, 6.45) is -4.24. The second-order valence-corrected chi connectivity index (χ2v) is 4.04. The van der Waals surface area contributed by atoms with Crippen LogP contribution in [0.15, 0.2) is 0 Å². The van der Waals surface area contributed by atoms with Crippen LogP contribution in [-0.2, 0) is 9.59 Å². The molecular formula is C10H17F3N2O2. The first-order valence-electron chi connectivity index (χ1n) is 5.35. The number of halogens is 3. The average molecular weight is 254 g/mol. The topological polar surface area (TPSA) is 58.2 Å². The van der Waals surface area contributed by atoms with Gasteiger partial charge in [-0.2, -0.15) is 13.2 Å². The first-order valence-corrected chi connectivity index (χ1v) is 5.35. The van der Waals surface area contributed by atoms with Gasteiger partial charge in [0.05, 0.1) is 0 Å². The predicted molar refractivity (Wildman–Crippen MR) is 56.1 cm³/mol. The van der Waals surface area contributed by atoms with Gasteiger partial charge >= 0.3 is 12.1 Å². The first-order chi connectivity index (χ1) is 7.73. The summed E-state index contributed by atoms with van der Waals surface area (Å²) in [5.41, 5.74) is 0. The fraction of sp³-hybridized carbons (Fsp3) is 0.800. The third-order valence-electron chi connectivity index (χ3n) is 1.94. The lowest BCUT2D eigenvalue weighted by molar-refractivity contribution is -0.173. The van der Waals surface area contributed by atoms with E-state index in [0.717, 1.165) is 6.42 Å². The van der Waals surface area contributed by atoms with Crippen LogP contribution in [-0.4, -0.2) is 31.1 Å². The molecule has 0 spiro atoms. The fourth-order valence-corrected chi connectivity index (χ4v) is 0.978. The molecule has 0 aliphatic heterocycles. The van der Waals surface area contributed by atoms with E-state index in [-0.39, 0.29) is 18.9 Å². The van der Waals surface area contributed by atoms with Gasteiger partial charge in [-0.25, -0.2) is 0 Å². The van der Waals surface area contributed by atoms with E-state index in [1.807, 2.05) is 13.8 Å². The maximum absolute atomic E-state index is 11.8. The molecule has 0 aromatic rings. The lowest BCUT2D eigenvalue weighted by atomic mass is 10.1. The Labute approximate surface area is 97.9 Å². The van der Waals surface area contributed by atoms with Crippen LogP contribution < -0.4 is 10.6 Å². The highest BCUT2D eigenvalue weighted by Gasteiger charge is 2.38. The standard InChI is InChI=1S/C10H17F3N2O2/c1-7(2)3-5-14-8(16)4-6-15-9(17)10(11,12)13/h7H,3-6H2,1-2H3,(H,14,16)(H,15,17). The highest BCUT2D eigenvalue weighted by molar-refractivity contribution is 5.82. The zero-order valence-corrected chi connectivity index (χ0v) is 9.86. The second kappa shape index (κ2) is 7.13. The van der Waals surface area contributed by atoms with Crippen LogP contribution in [0.25, 0.3) is 0 Å². The number of alkyl halides is 3. The minimum atomic E-state index is -4.89. The van der Waals surface area contributed by atoms with E-state index in [0.29, 0.717) is 12.5 Å². The van der Waals surface area contributed by atoms with Crippen LogP contribution in [0.2, 0.25) is 0 Å². The van der Waals surface area contributed by atoms with Crippen LogP contribution in [0.4, 0.5) is 13.2 Å². The summed E-state index contributed by atoms with van der Waals surface area (Å²) in [4.78, 5) is 21.5. The Morgan fingerprint density at radius 3 is 2.18 bits per heavy atom. The summed E-state index contributed by atoms with van der Waals surface area (Å²) in [5.74, 6) is -1.94. The fourth-order valence-electron chi connectivity index (χ4n) is 0.978. The van der Waals surface area contributed by atoms with Crippen LogP contribution in [0.1, 0.15) is 26.7 Å². The Bertz CT molecular complexity index is 265. The smallest absolute Gasteiger partial charge is 0.356 e. The lowest BCUT2D eigenvalue weighted by Gasteiger charge is -2.09. The van der Waals surface area contributed by atoms with Gasteiger partial charge in [-0.1, -0.05) is 13.8 Å². The van der Waals surface area contributed by atoms with Gasteiger partial charge < -0.3 is 10.6 Å². The highest BCUT2D eigenvalue weighted by atomic mass is 19.4. The lowest BCUT2D eigenvalue weighted by Crippen LogP contribution is -2.39. The molecule has 100 valence electrons. The zero-order chi connectivity index (χ0) is 13.5. The van der Waals surface area contributed by atoms with E-state index in [1.165, 1.54) is 0 Å². The van der Waals surface area contributed by atoms with E-state index in [2.05, 4.69) is 5.32 Å². The van der Waals surface area contributed by atoms with Crippen LogP contribution in [0, 0.1) is 5.92 Å². The van der Waals surface area contributed by atoms with Crippen molar-refractivity contribution in [2.24, 2.45) is 5.92 Å². The van der Waals surface area contributed by atoms with Crippen molar-refractivity contribution in [1.82, 2.24) is 10.6 Å². The van der Waals surface area contributed by atoms with Crippen molar-refractivity contribution < 1.29 is 22.8 Å². The Morgan fingerprint density at radius 1 is 1.12 bits per heavy atom. The molecule has 0 fully saturated rings. The molecular weight excluding hydrogens is 237 g/mol.